The molecule has 0 heterocycles. The van der Waals surface area contributed by atoms with Crippen LogP contribution in [0.15, 0.2) is 18.2 Å². The minimum Gasteiger partial charge on any atom is -0.497 e. The van der Waals surface area contributed by atoms with Crippen molar-refractivity contribution >= 4 is 11.9 Å². The van der Waals surface area contributed by atoms with Gasteiger partial charge in [-0.1, -0.05) is 6.07 Å². The molecule has 0 fully saturated rings. The summed E-state index contributed by atoms with van der Waals surface area (Å²) in [7, 11) is 1.45. The lowest BCUT2D eigenvalue weighted by Crippen LogP contribution is -2.28. The van der Waals surface area contributed by atoms with Gasteiger partial charge in [-0.2, -0.15) is 0 Å². The van der Waals surface area contributed by atoms with Crippen LogP contribution >= 0.6 is 0 Å². The van der Waals surface area contributed by atoms with Gasteiger partial charge in [-0.3, -0.25) is 9.59 Å². The van der Waals surface area contributed by atoms with E-state index < -0.39 is 18.2 Å². The van der Waals surface area contributed by atoms with Crippen LogP contribution in [0.5, 0.6) is 5.75 Å². The average Bonchev–Trinajstić information content (AvgIpc) is 2.45. The van der Waals surface area contributed by atoms with Crippen molar-refractivity contribution in [3.63, 3.8) is 0 Å². The molecule has 7 heteroatoms. The van der Waals surface area contributed by atoms with Crippen LogP contribution in [0.4, 0.5) is 0 Å². The molecule has 1 aromatic rings. The van der Waals surface area contributed by atoms with E-state index in [-0.39, 0.29) is 25.3 Å². The number of ether oxygens (including phenoxy) is 1. The molecule has 1 aromatic carbocycles. The molecule has 22 heavy (non-hydrogen) atoms. The first-order valence-electron chi connectivity index (χ1n) is 6.84. The van der Waals surface area contributed by atoms with Crippen LogP contribution in [-0.2, 0) is 16.0 Å². The van der Waals surface area contributed by atoms with Gasteiger partial charge in [0, 0.05) is 13.5 Å². The van der Waals surface area contributed by atoms with Crippen LogP contribution in [0.3, 0.4) is 0 Å². The van der Waals surface area contributed by atoms with Crippen molar-refractivity contribution in [2.24, 2.45) is 0 Å². The predicted molar refractivity (Wildman–Crippen MR) is 78.6 cm³/mol. The molecule has 2 unspecified atom stereocenters. The van der Waals surface area contributed by atoms with Gasteiger partial charge in [-0.15, -0.1) is 0 Å². The molecule has 0 aliphatic rings. The number of hydrogen-bond donors (Lipinski definition) is 4. The van der Waals surface area contributed by atoms with Crippen LogP contribution < -0.4 is 10.1 Å². The highest BCUT2D eigenvalue weighted by Crippen LogP contribution is 2.27. The Bertz CT molecular complexity index is 531. The number of carbonyl (C=O) groups is 2. The topological polar surface area (TPSA) is 116 Å². The fourth-order valence-electron chi connectivity index (χ4n) is 2.06. The van der Waals surface area contributed by atoms with E-state index in [1.165, 1.54) is 20.1 Å². The van der Waals surface area contributed by atoms with Crippen molar-refractivity contribution in [1.29, 1.82) is 0 Å². The standard InChI is InChI=1S/C15H21NO6/c1-9(17)16-6-5-13(18)15(21)12-8-11(22-2)4-3-10(12)7-14(19)20/h3-4,8,13,15,18,21H,5-7H2,1-2H3,(H,16,17)(H,19,20). The Balaban J connectivity index is 2.90. The second-order valence-electron chi connectivity index (χ2n) is 4.92. The molecule has 0 spiro atoms. The van der Waals surface area contributed by atoms with Crippen molar-refractivity contribution in [1.82, 2.24) is 5.32 Å². The molecular weight excluding hydrogens is 290 g/mol. The van der Waals surface area contributed by atoms with Crippen LogP contribution in [0.25, 0.3) is 0 Å². The number of carbonyl (C=O) groups excluding carboxylic acids is 1. The number of nitrogens with one attached hydrogen (secondary N) is 1. The Labute approximate surface area is 128 Å². The van der Waals surface area contributed by atoms with E-state index in [9.17, 15) is 19.8 Å². The molecule has 0 radical (unpaired) electrons. The summed E-state index contributed by atoms with van der Waals surface area (Å²) < 4.78 is 5.06. The lowest BCUT2D eigenvalue weighted by atomic mass is 9.95. The molecule has 4 N–H and O–H groups in total. The maximum atomic E-state index is 10.9. The monoisotopic (exact) mass is 311 g/mol. The molecular formula is C15H21NO6. The van der Waals surface area contributed by atoms with Gasteiger partial charge in [0.1, 0.15) is 11.9 Å². The van der Waals surface area contributed by atoms with E-state index >= 15 is 0 Å². The summed E-state index contributed by atoms with van der Waals surface area (Å²) in [5.41, 5.74) is 0.705. The molecule has 1 amide bonds. The number of hydrogen-bond acceptors (Lipinski definition) is 5. The summed E-state index contributed by atoms with van der Waals surface area (Å²) in [6, 6.07) is 4.65. The first-order valence-corrected chi connectivity index (χ1v) is 6.84. The third-order valence-corrected chi connectivity index (χ3v) is 3.19. The van der Waals surface area contributed by atoms with E-state index in [4.69, 9.17) is 9.84 Å². The van der Waals surface area contributed by atoms with Crippen LogP contribution in [0, 0.1) is 0 Å². The molecule has 0 saturated heterocycles. The first-order chi connectivity index (χ1) is 10.3. The van der Waals surface area contributed by atoms with Crippen LogP contribution in [0.2, 0.25) is 0 Å². The molecule has 1 rings (SSSR count). The molecule has 0 aromatic heterocycles. The summed E-state index contributed by atoms with van der Waals surface area (Å²) in [4.78, 5) is 21.7. The number of benzene rings is 1. The summed E-state index contributed by atoms with van der Waals surface area (Å²) in [5, 5.41) is 31.7. The minimum atomic E-state index is -1.27. The fourth-order valence-corrected chi connectivity index (χ4v) is 2.06. The highest BCUT2D eigenvalue weighted by atomic mass is 16.5. The SMILES string of the molecule is COc1ccc(CC(=O)O)c(C(O)C(O)CCNC(C)=O)c1. The Hall–Kier alpha value is -2.12. The van der Waals surface area contributed by atoms with Gasteiger partial charge < -0.3 is 25.4 Å². The third kappa shape index (κ3) is 5.34. The van der Waals surface area contributed by atoms with E-state index in [1.807, 2.05) is 0 Å². The molecule has 0 bridgehead atoms. The van der Waals surface area contributed by atoms with Gasteiger partial charge in [-0.05, 0) is 29.7 Å². The Morgan fingerprint density at radius 2 is 2.00 bits per heavy atom. The third-order valence-electron chi connectivity index (χ3n) is 3.19. The summed E-state index contributed by atoms with van der Waals surface area (Å²) >= 11 is 0. The van der Waals surface area contributed by atoms with Crippen LogP contribution in [0.1, 0.15) is 30.6 Å². The Kier molecular flexibility index (Phi) is 6.81. The summed E-state index contributed by atoms with van der Waals surface area (Å²) in [6.07, 6.45) is -2.52. The number of methoxy groups -OCH3 is 1. The zero-order valence-electron chi connectivity index (χ0n) is 12.6. The largest absolute Gasteiger partial charge is 0.497 e. The normalized spacial score (nSPS) is 13.3. The Morgan fingerprint density at radius 3 is 2.55 bits per heavy atom. The van der Waals surface area contributed by atoms with Crippen molar-refractivity contribution < 1.29 is 29.6 Å². The van der Waals surface area contributed by atoms with Gasteiger partial charge in [0.2, 0.25) is 5.91 Å². The number of carboxylic acid groups (broad SMARTS) is 1. The molecule has 2 atom stereocenters. The number of aliphatic hydroxyl groups excluding tert-OH is 2. The van der Waals surface area contributed by atoms with Crippen molar-refractivity contribution in [3.8, 4) is 5.75 Å². The quantitative estimate of drug-likeness (QED) is 0.546. The molecule has 122 valence electrons. The molecule has 7 nitrogen and oxygen atoms in total. The van der Waals surface area contributed by atoms with Crippen molar-refractivity contribution in [2.45, 2.75) is 32.0 Å². The first kappa shape index (κ1) is 17.9. The second-order valence-corrected chi connectivity index (χ2v) is 4.92. The highest BCUT2D eigenvalue weighted by molar-refractivity contribution is 5.72. The highest BCUT2D eigenvalue weighted by Gasteiger charge is 2.22. The lowest BCUT2D eigenvalue weighted by molar-refractivity contribution is -0.136. The van der Waals surface area contributed by atoms with E-state index in [0.29, 0.717) is 16.9 Å². The van der Waals surface area contributed by atoms with E-state index in [1.54, 1.807) is 12.1 Å². The maximum absolute atomic E-state index is 10.9. The molecule has 0 saturated carbocycles. The van der Waals surface area contributed by atoms with Crippen molar-refractivity contribution in [3.05, 3.63) is 29.3 Å². The molecule has 0 aliphatic carbocycles. The maximum Gasteiger partial charge on any atom is 0.307 e. The fraction of sp³-hybridized carbons (Fsp3) is 0.467. The van der Waals surface area contributed by atoms with Gasteiger partial charge >= 0.3 is 5.97 Å². The zero-order valence-corrected chi connectivity index (χ0v) is 12.6. The zero-order chi connectivity index (χ0) is 16.7. The van der Waals surface area contributed by atoms with Gasteiger partial charge in [0.15, 0.2) is 0 Å². The number of rotatable bonds is 8. The smallest absolute Gasteiger partial charge is 0.307 e. The van der Waals surface area contributed by atoms with E-state index in [0.717, 1.165) is 0 Å². The second kappa shape index (κ2) is 8.35. The summed E-state index contributed by atoms with van der Waals surface area (Å²) in [5.74, 6) is -0.807. The van der Waals surface area contributed by atoms with Gasteiger partial charge in [0.25, 0.3) is 0 Å². The van der Waals surface area contributed by atoms with Gasteiger partial charge in [0.05, 0.1) is 19.6 Å². The minimum absolute atomic E-state index is 0.143. The number of amides is 1. The number of aliphatic hydroxyl groups is 2. The molecule has 0 aliphatic heterocycles. The predicted octanol–water partition coefficient (Wildman–Crippen LogP) is 0.243. The van der Waals surface area contributed by atoms with E-state index in [2.05, 4.69) is 5.32 Å². The van der Waals surface area contributed by atoms with Crippen LogP contribution in [-0.4, -0.2) is 47.0 Å². The summed E-state index contributed by atoms with van der Waals surface area (Å²) in [6.45, 7) is 1.57. The average molecular weight is 311 g/mol. The lowest BCUT2D eigenvalue weighted by Gasteiger charge is -2.21. The number of aliphatic carboxylic acids is 1. The number of carboxylic acids is 1. The van der Waals surface area contributed by atoms with Crippen molar-refractivity contribution in [2.75, 3.05) is 13.7 Å². The Morgan fingerprint density at radius 1 is 1.32 bits per heavy atom. The van der Waals surface area contributed by atoms with Gasteiger partial charge in [-0.25, -0.2) is 0 Å².